The molecule has 24 heavy (non-hydrogen) atoms. The molecule has 1 fully saturated rings. The molecule has 1 amide bonds. The maximum absolute atomic E-state index is 12.3. The van der Waals surface area contributed by atoms with Crippen LogP contribution in [0.2, 0.25) is 0 Å². The zero-order chi connectivity index (χ0) is 17.1. The molecule has 124 valence electrons. The second kappa shape index (κ2) is 6.71. The third-order valence-electron chi connectivity index (χ3n) is 4.24. The highest BCUT2D eigenvalue weighted by molar-refractivity contribution is 5.92. The molecule has 0 bridgehead atoms. The molecule has 0 spiro atoms. The summed E-state index contributed by atoms with van der Waals surface area (Å²) in [7, 11) is 1.78. The molecule has 0 atom stereocenters. The molecule has 0 aliphatic carbocycles. The first-order chi connectivity index (χ1) is 11.6. The molecule has 1 saturated heterocycles. The highest BCUT2D eigenvalue weighted by atomic mass is 16.2. The molecule has 3 heterocycles. The minimum absolute atomic E-state index is 0.0823. The van der Waals surface area contributed by atoms with Gasteiger partial charge in [-0.05, 0) is 38.0 Å². The van der Waals surface area contributed by atoms with Crippen LogP contribution in [0.1, 0.15) is 34.7 Å². The minimum atomic E-state index is -0.0823. The molecule has 1 N–H and O–H groups in total. The van der Waals surface area contributed by atoms with E-state index in [1.165, 1.54) is 0 Å². The van der Waals surface area contributed by atoms with Gasteiger partial charge in [0.2, 0.25) is 0 Å². The highest BCUT2D eigenvalue weighted by Gasteiger charge is 2.23. The number of nitrogens with zero attached hydrogens (tertiary/aromatic N) is 5. The van der Waals surface area contributed by atoms with E-state index in [1.54, 1.807) is 23.9 Å². The van der Waals surface area contributed by atoms with Crippen LogP contribution >= 0.6 is 0 Å². The number of rotatable bonds is 3. The summed E-state index contributed by atoms with van der Waals surface area (Å²) in [4.78, 5) is 18.8. The molecular weight excluding hydrogens is 304 g/mol. The molecular formula is C17H20N6O. The third kappa shape index (κ3) is 3.38. The Balaban J connectivity index is 1.58. The van der Waals surface area contributed by atoms with Crippen molar-refractivity contribution < 1.29 is 4.79 Å². The standard InChI is InChI=1S/C17H20N6O/c1-12-10-15(22(2)21-12)17(24)20-13-6-8-23(9-7-13)16-5-3-4-14(11-18)19-16/h3-5,10,13H,6-9H2,1-2H3,(H,20,24). The number of aryl methyl sites for hydroxylation is 2. The maximum Gasteiger partial charge on any atom is 0.269 e. The van der Waals surface area contributed by atoms with Crippen molar-refractivity contribution in [2.75, 3.05) is 18.0 Å². The smallest absolute Gasteiger partial charge is 0.269 e. The summed E-state index contributed by atoms with van der Waals surface area (Å²) in [5.41, 5.74) is 1.84. The Morgan fingerprint density at radius 2 is 2.12 bits per heavy atom. The molecule has 3 rings (SSSR count). The Hall–Kier alpha value is -2.88. The predicted octanol–water partition coefficient (Wildman–Crippen LogP) is 1.39. The molecule has 1 aliphatic heterocycles. The van der Waals surface area contributed by atoms with Crippen molar-refractivity contribution in [3.8, 4) is 6.07 Å². The molecule has 0 radical (unpaired) electrons. The summed E-state index contributed by atoms with van der Waals surface area (Å²) in [6.07, 6.45) is 1.70. The van der Waals surface area contributed by atoms with E-state index < -0.39 is 0 Å². The number of aromatic nitrogens is 3. The minimum Gasteiger partial charge on any atom is -0.356 e. The van der Waals surface area contributed by atoms with Crippen LogP contribution in [0.25, 0.3) is 0 Å². The molecule has 7 heteroatoms. The topological polar surface area (TPSA) is 86.8 Å². The number of piperidine rings is 1. The second-order valence-electron chi connectivity index (χ2n) is 6.02. The van der Waals surface area contributed by atoms with Gasteiger partial charge < -0.3 is 10.2 Å². The molecule has 1 aliphatic rings. The van der Waals surface area contributed by atoms with Crippen LogP contribution in [-0.2, 0) is 7.05 Å². The van der Waals surface area contributed by atoms with Gasteiger partial charge in [-0.1, -0.05) is 6.07 Å². The van der Waals surface area contributed by atoms with Crippen molar-refractivity contribution in [2.24, 2.45) is 7.05 Å². The van der Waals surface area contributed by atoms with Crippen LogP contribution in [0.5, 0.6) is 0 Å². The third-order valence-corrected chi connectivity index (χ3v) is 4.24. The number of nitrogens with one attached hydrogen (secondary N) is 1. The molecule has 0 unspecified atom stereocenters. The zero-order valence-electron chi connectivity index (χ0n) is 13.9. The highest BCUT2D eigenvalue weighted by Crippen LogP contribution is 2.18. The molecule has 0 aromatic carbocycles. The van der Waals surface area contributed by atoms with Gasteiger partial charge in [0.15, 0.2) is 0 Å². The maximum atomic E-state index is 12.3. The first-order valence-electron chi connectivity index (χ1n) is 8.00. The van der Waals surface area contributed by atoms with E-state index >= 15 is 0 Å². The van der Waals surface area contributed by atoms with Crippen LogP contribution in [-0.4, -0.2) is 39.8 Å². The lowest BCUT2D eigenvalue weighted by Crippen LogP contribution is -2.45. The van der Waals surface area contributed by atoms with Gasteiger partial charge >= 0.3 is 0 Å². The first-order valence-corrected chi connectivity index (χ1v) is 8.00. The van der Waals surface area contributed by atoms with E-state index in [4.69, 9.17) is 5.26 Å². The number of hydrogen-bond acceptors (Lipinski definition) is 5. The molecule has 7 nitrogen and oxygen atoms in total. The van der Waals surface area contributed by atoms with Gasteiger partial charge in [0.05, 0.1) is 5.69 Å². The monoisotopic (exact) mass is 324 g/mol. The van der Waals surface area contributed by atoms with Gasteiger partial charge in [-0.25, -0.2) is 4.98 Å². The van der Waals surface area contributed by atoms with E-state index in [0.29, 0.717) is 11.4 Å². The van der Waals surface area contributed by atoms with Gasteiger partial charge in [-0.3, -0.25) is 9.48 Å². The van der Waals surface area contributed by atoms with E-state index in [2.05, 4.69) is 26.4 Å². The summed E-state index contributed by atoms with van der Waals surface area (Å²) < 4.78 is 1.61. The fourth-order valence-electron chi connectivity index (χ4n) is 3.00. The fraction of sp³-hybridized carbons (Fsp3) is 0.412. The summed E-state index contributed by atoms with van der Waals surface area (Å²) in [5, 5.41) is 16.2. The van der Waals surface area contributed by atoms with E-state index in [-0.39, 0.29) is 11.9 Å². The van der Waals surface area contributed by atoms with Crippen molar-refractivity contribution in [1.82, 2.24) is 20.1 Å². The van der Waals surface area contributed by atoms with Crippen LogP contribution in [0.4, 0.5) is 5.82 Å². The summed E-state index contributed by atoms with van der Waals surface area (Å²) >= 11 is 0. The SMILES string of the molecule is Cc1cc(C(=O)NC2CCN(c3cccc(C#N)n3)CC2)n(C)n1. The Labute approximate surface area is 140 Å². The number of carbonyl (C=O) groups is 1. The average Bonchev–Trinajstić information content (AvgIpc) is 2.94. The summed E-state index contributed by atoms with van der Waals surface area (Å²) in [5.74, 6) is 0.738. The van der Waals surface area contributed by atoms with Crippen LogP contribution < -0.4 is 10.2 Å². The lowest BCUT2D eigenvalue weighted by molar-refractivity contribution is 0.0921. The van der Waals surface area contributed by atoms with Crippen LogP contribution in [0, 0.1) is 18.3 Å². The van der Waals surface area contributed by atoms with E-state index in [1.807, 2.05) is 19.1 Å². The van der Waals surface area contributed by atoms with Crippen molar-refractivity contribution in [3.05, 3.63) is 41.3 Å². The molecule has 2 aromatic rings. The second-order valence-corrected chi connectivity index (χ2v) is 6.02. The summed E-state index contributed by atoms with van der Waals surface area (Å²) in [6, 6.07) is 9.46. The largest absolute Gasteiger partial charge is 0.356 e. The van der Waals surface area contributed by atoms with Crippen molar-refractivity contribution >= 4 is 11.7 Å². The van der Waals surface area contributed by atoms with E-state index in [9.17, 15) is 4.79 Å². The van der Waals surface area contributed by atoms with Crippen molar-refractivity contribution in [3.63, 3.8) is 0 Å². The summed E-state index contributed by atoms with van der Waals surface area (Å²) in [6.45, 7) is 3.48. The predicted molar refractivity (Wildman–Crippen MR) is 89.6 cm³/mol. The zero-order valence-corrected chi connectivity index (χ0v) is 13.9. The lowest BCUT2D eigenvalue weighted by atomic mass is 10.0. The molecule has 0 saturated carbocycles. The Bertz CT molecular complexity index is 783. The number of hydrogen-bond donors (Lipinski definition) is 1. The Morgan fingerprint density at radius 1 is 1.38 bits per heavy atom. The number of pyridine rings is 1. The fourth-order valence-corrected chi connectivity index (χ4v) is 3.00. The number of carbonyl (C=O) groups excluding carboxylic acids is 1. The van der Waals surface area contributed by atoms with Crippen molar-refractivity contribution in [1.29, 1.82) is 5.26 Å². The lowest BCUT2D eigenvalue weighted by Gasteiger charge is -2.33. The van der Waals surface area contributed by atoms with Gasteiger partial charge in [-0.2, -0.15) is 10.4 Å². The van der Waals surface area contributed by atoms with Gasteiger partial charge in [0.25, 0.3) is 5.91 Å². The van der Waals surface area contributed by atoms with Gasteiger partial charge in [0.1, 0.15) is 23.3 Å². The van der Waals surface area contributed by atoms with Gasteiger partial charge in [0, 0.05) is 26.2 Å². The first kappa shape index (κ1) is 16.0. The Kier molecular flexibility index (Phi) is 4.47. The average molecular weight is 324 g/mol. The number of anilines is 1. The molecule has 2 aromatic heterocycles. The van der Waals surface area contributed by atoms with Crippen molar-refractivity contribution in [2.45, 2.75) is 25.8 Å². The normalized spacial score (nSPS) is 15.1. The number of amides is 1. The van der Waals surface area contributed by atoms with Gasteiger partial charge in [-0.15, -0.1) is 0 Å². The quantitative estimate of drug-likeness (QED) is 0.922. The van der Waals surface area contributed by atoms with Crippen LogP contribution in [0.3, 0.4) is 0 Å². The number of nitriles is 1. The Morgan fingerprint density at radius 3 is 2.75 bits per heavy atom. The van der Waals surface area contributed by atoms with E-state index in [0.717, 1.165) is 37.4 Å². The van der Waals surface area contributed by atoms with Crippen LogP contribution in [0.15, 0.2) is 24.3 Å².